The second kappa shape index (κ2) is 5.95. The van der Waals surface area contributed by atoms with Crippen LogP contribution in [0.5, 0.6) is 0 Å². The topological polar surface area (TPSA) is 81.3 Å². The Bertz CT molecular complexity index is 542. The van der Waals surface area contributed by atoms with Crippen LogP contribution in [-0.4, -0.2) is 34.7 Å². The Morgan fingerprint density at radius 1 is 1.50 bits per heavy atom. The third-order valence-corrected chi connectivity index (χ3v) is 3.74. The Morgan fingerprint density at radius 2 is 2.35 bits per heavy atom. The van der Waals surface area contributed by atoms with Gasteiger partial charge in [0.2, 0.25) is 11.7 Å². The maximum absolute atomic E-state index is 5.80. The highest BCUT2D eigenvalue weighted by Crippen LogP contribution is 2.29. The van der Waals surface area contributed by atoms with E-state index in [1.807, 2.05) is 6.07 Å². The van der Waals surface area contributed by atoms with E-state index in [1.165, 1.54) is 0 Å². The van der Waals surface area contributed by atoms with Crippen molar-refractivity contribution in [1.29, 1.82) is 0 Å². The monoisotopic (exact) mass is 298 g/mol. The number of likely N-dealkylation sites (tertiary alicyclic amines) is 1. The van der Waals surface area contributed by atoms with Crippen molar-refractivity contribution >= 4 is 12.4 Å². The van der Waals surface area contributed by atoms with Gasteiger partial charge in [-0.1, -0.05) is 12.1 Å². The third-order valence-electron chi connectivity index (χ3n) is 3.74. The summed E-state index contributed by atoms with van der Waals surface area (Å²) >= 11 is 0. The van der Waals surface area contributed by atoms with Crippen molar-refractivity contribution in [3.63, 3.8) is 0 Å². The minimum atomic E-state index is 0. The van der Waals surface area contributed by atoms with E-state index in [4.69, 9.17) is 14.7 Å². The lowest BCUT2D eigenvalue weighted by Gasteiger charge is -2.21. The zero-order valence-corrected chi connectivity index (χ0v) is 12.2. The van der Waals surface area contributed by atoms with Crippen LogP contribution in [0.2, 0.25) is 0 Å². The molecule has 0 saturated carbocycles. The minimum Gasteiger partial charge on any atom is -0.472 e. The van der Waals surface area contributed by atoms with Crippen LogP contribution in [0.25, 0.3) is 11.4 Å². The van der Waals surface area contributed by atoms with Gasteiger partial charge in [0.05, 0.1) is 18.4 Å². The summed E-state index contributed by atoms with van der Waals surface area (Å²) in [6, 6.07) is 1.82. The van der Waals surface area contributed by atoms with Gasteiger partial charge in [0.1, 0.15) is 6.26 Å². The fourth-order valence-corrected chi connectivity index (χ4v) is 2.45. The van der Waals surface area contributed by atoms with E-state index < -0.39 is 0 Å². The first kappa shape index (κ1) is 15.0. The molecule has 0 aromatic carbocycles. The van der Waals surface area contributed by atoms with Gasteiger partial charge in [0, 0.05) is 6.54 Å². The second-order valence-electron chi connectivity index (χ2n) is 5.50. The molecule has 1 atom stereocenters. The molecule has 0 amide bonds. The molecule has 0 spiro atoms. The van der Waals surface area contributed by atoms with E-state index in [0.717, 1.165) is 25.1 Å². The number of furan rings is 1. The molecule has 0 aliphatic carbocycles. The van der Waals surface area contributed by atoms with Crippen LogP contribution in [-0.2, 0) is 6.54 Å². The molecule has 3 rings (SSSR count). The van der Waals surface area contributed by atoms with Crippen molar-refractivity contribution in [3.05, 3.63) is 24.5 Å². The van der Waals surface area contributed by atoms with Gasteiger partial charge in [-0.3, -0.25) is 4.90 Å². The van der Waals surface area contributed by atoms with Crippen LogP contribution in [0.3, 0.4) is 0 Å². The van der Waals surface area contributed by atoms with Crippen molar-refractivity contribution in [1.82, 2.24) is 15.0 Å². The minimum absolute atomic E-state index is 0. The summed E-state index contributed by atoms with van der Waals surface area (Å²) in [6.45, 7) is 5.62. The van der Waals surface area contributed by atoms with E-state index in [-0.39, 0.29) is 17.8 Å². The zero-order chi connectivity index (χ0) is 13.3. The maximum Gasteiger partial charge on any atom is 0.241 e. The lowest BCUT2D eigenvalue weighted by molar-refractivity contribution is 0.239. The molecule has 0 radical (unpaired) electrons. The summed E-state index contributed by atoms with van der Waals surface area (Å²) in [5.74, 6) is 1.21. The maximum atomic E-state index is 5.80. The van der Waals surface area contributed by atoms with Crippen LogP contribution in [0.4, 0.5) is 0 Å². The molecule has 7 heteroatoms. The first-order valence-corrected chi connectivity index (χ1v) is 6.46. The zero-order valence-electron chi connectivity index (χ0n) is 11.4. The van der Waals surface area contributed by atoms with E-state index in [1.54, 1.807) is 12.5 Å². The summed E-state index contributed by atoms with van der Waals surface area (Å²) in [5.41, 5.74) is 6.86. The standard InChI is InChI=1S/C13H18N4O2.ClH/c1-13(8-14)3-4-17(9-13)6-11-15-12(16-19-11)10-2-5-18-7-10;/h2,5,7H,3-4,6,8-9,14H2,1H3;1H. The van der Waals surface area contributed by atoms with Crippen LogP contribution in [0.1, 0.15) is 19.2 Å². The Balaban J connectivity index is 0.00000147. The van der Waals surface area contributed by atoms with E-state index >= 15 is 0 Å². The van der Waals surface area contributed by atoms with Gasteiger partial charge in [-0.15, -0.1) is 12.4 Å². The number of hydrogen-bond acceptors (Lipinski definition) is 6. The lowest BCUT2D eigenvalue weighted by atomic mass is 9.90. The molecule has 2 aromatic rings. The number of halogens is 1. The quantitative estimate of drug-likeness (QED) is 0.929. The molecule has 110 valence electrons. The lowest BCUT2D eigenvalue weighted by Crippen LogP contribution is -2.31. The Labute approximate surface area is 123 Å². The van der Waals surface area contributed by atoms with Crippen molar-refractivity contribution < 1.29 is 8.94 Å². The molecule has 1 unspecified atom stereocenters. The molecule has 1 fully saturated rings. The number of hydrogen-bond donors (Lipinski definition) is 1. The normalized spacial score (nSPS) is 22.9. The molecule has 6 nitrogen and oxygen atoms in total. The van der Waals surface area contributed by atoms with Crippen LogP contribution < -0.4 is 5.73 Å². The van der Waals surface area contributed by atoms with E-state index in [0.29, 0.717) is 24.8 Å². The molecule has 0 bridgehead atoms. The molecule has 2 N–H and O–H groups in total. The van der Waals surface area contributed by atoms with Crippen LogP contribution in [0.15, 0.2) is 27.5 Å². The average Bonchev–Trinajstić information content (AvgIpc) is 3.11. The van der Waals surface area contributed by atoms with Gasteiger partial charge in [0.15, 0.2) is 0 Å². The SMILES string of the molecule is CC1(CN)CCN(Cc2nc(-c3ccoc3)no2)C1.Cl. The van der Waals surface area contributed by atoms with Gasteiger partial charge in [0.25, 0.3) is 0 Å². The first-order chi connectivity index (χ1) is 9.18. The molecule has 1 aliphatic rings. The summed E-state index contributed by atoms with van der Waals surface area (Å²) < 4.78 is 10.3. The van der Waals surface area contributed by atoms with Gasteiger partial charge >= 0.3 is 0 Å². The summed E-state index contributed by atoms with van der Waals surface area (Å²) in [4.78, 5) is 6.68. The Kier molecular flexibility index (Phi) is 4.47. The smallest absolute Gasteiger partial charge is 0.241 e. The Morgan fingerprint density at radius 3 is 3.00 bits per heavy atom. The largest absolute Gasteiger partial charge is 0.472 e. The molecule has 1 aliphatic heterocycles. The van der Waals surface area contributed by atoms with Gasteiger partial charge in [-0.05, 0) is 31.0 Å². The number of aromatic nitrogens is 2. The fraction of sp³-hybridized carbons (Fsp3) is 0.538. The fourth-order valence-electron chi connectivity index (χ4n) is 2.45. The van der Waals surface area contributed by atoms with Crippen molar-refractivity contribution in [2.75, 3.05) is 19.6 Å². The van der Waals surface area contributed by atoms with E-state index in [2.05, 4.69) is 22.0 Å². The summed E-state index contributed by atoms with van der Waals surface area (Å²) in [6.07, 6.45) is 4.32. The van der Waals surface area contributed by atoms with Gasteiger partial charge in [-0.25, -0.2) is 0 Å². The number of nitrogens with two attached hydrogens (primary N) is 1. The molecule has 20 heavy (non-hydrogen) atoms. The van der Waals surface area contributed by atoms with Crippen molar-refractivity contribution in [2.45, 2.75) is 19.9 Å². The summed E-state index contributed by atoms with van der Waals surface area (Å²) in [5, 5.41) is 3.96. The molecular weight excluding hydrogens is 280 g/mol. The predicted octanol–water partition coefficient (Wildman–Crippen LogP) is 1.92. The molecule has 3 heterocycles. The molecular formula is C13H19ClN4O2. The number of rotatable bonds is 4. The van der Waals surface area contributed by atoms with Gasteiger partial charge < -0.3 is 14.7 Å². The predicted molar refractivity (Wildman–Crippen MR) is 76.3 cm³/mol. The molecule has 1 saturated heterocycles. The summed E-state index contributed by atoms with van der Waals surface area (Å²) in [7, 11) is 0. The van der Waals surface area contributed by atoms with E-state index in [9.17, 15) is 0 Å². The van der Waals surface area contributed by atoms with Crippen LogP contribution >= 0.6 is 12.4 Å². The second-order valence-corrected chi connectivity index (χ2v) is 5.50. The Hall–Kier alpha value is -1.37. The van der Waals surface area contributed by atoms with Crippen molar-refractivity contribution in [2.24, 2.45) is 11.1 Å². The number of nitrogens with zero attached hydrogens (tertiary/aromatic N) is 3. The van der Waals surface area contributed by atoms with Crippen molar-refractivity contribution in [3.8, 4) is 11.4 Å². The highest BCUT2D eigenvalue weighted by atomic mass is 35.5. The highest BCUT2D eigenvalue weighted by Gasteiger charge is 2.33. The van der Waals surface area contributed by atoms with Gasteiger partial charge in [-0.2, -0.15) is 4.98 Å². The highest BCUT2D eigenvalue weighted by molar-refractivity contribution is 5.85. The average molecular weight is 299 g/mol. The first-order valence-electron chi connectivity index (χ1n) is 6.46. The molecule has 2 aromatic heterocycles. The van der Waals surface area contributed by atoms with Crippen LogP contribution in [0, 0.1) is 5.41 Å². The third kappa shape index (κ3) is 3.03.